The van der Waals surface area contributed by atoms with Crippen molar-refractivity contribution in [3.05, 3.63) is 11.1 Å². The summed E-state index contributed by atoms with van der Waals surface area (Å²) in [5.41, 5.74) is 6.31. The number of rotatable bonds is 6. The van der Waals surface area contributed by atoms with Gasteiger partial charge in [0.1, 0.15) is 0 Å². The van der Waals surface area contributed by atoms with Crippen molar-refractivity contribution in [1.82, 2.24) is 9.88 Å². The standard InChI is InChI=1S/C11H17N3O2S/c1-16-5-4-14(9-2-3-9)10(15)6-8-7-17-11(12)13-8/h7,9H,2-6H2,1H3,(H2,12,13). The monoisotopic (exact) mass is 255 g/mol. The number of methoxy groups -OCH3 is 1. The molecule has 0 unspecified atom stereocenters. The first-order valence-electron chi connectivity index (χ1n) is 5.69. The number of anilines is 1. The summed E-state index contributed by atoms with van der Waals surface area (Å²) in [4.78, 5) is 18.1. The van der Waals surface area contributed by atoms with Gasteiger partial charge in [-0.3, -0.25) is 4.79 Å². The van der Waals surface area contributed by atoms with Gasteiger partial charge in [0.05, 0.1) is 18.7 Å². The number of carbonyl (C=O) groups excluding carboxylic acids is 1. The smallest absolute Gasteiger partial charge is 0.228 e. The predicted octanol–water partition coefficient (Wildman–Crippen LogP) is 0.905. The second-order valence-corrected chi connectivity index (χ2v) is 5.05. The summed E-state index contributed by atoms with van der Waals surface area (Å²) in [7, 11) is 1.65. The van der Waals surface area contributed by atoms with Crippen molar-refractivity contribution < 1.29 is 9.53 Å². The van der Waals surface area contributed by atoms with Gasteiger partial charge in [-0.1, -0.05) is 0 Å². The molecule has 0 spiro atoms. The topological polar surface area (TPSA) is 68.5 Å². The number of thiazole rings is 1. The number of nitrogen functional groups attached to an aromatic ring is 1. The number of aromatic nitrogens is 1. The van der Waals surface area contributed by atoms with E-state index >= 15 is 0 Å². The van der Waals surface area contributed by atoms with E-state index in [1.165, 1.54) is 11.3 Å². The number of carbonyl (C=O) groups is 1. The Bertz CT molecular complexity index is 390. The zero-order valence-corrected chi connectivity index (χ0v) is 10.7. The van der Waals surface area contributed by atoms with E-state index in [0.29, 0.717) is 30.7 Å². The van der Waals surface area contributed by atoms with Crippen molar-refractivity contribution in [1.29, 1.82) is 0 Å². The second-order valence-electron chi connectivity index (χ2n) is 4.16. The maximum absolute atomic E-state index is 12.1. The summed E-state index contributed by atoms with van der Waals surface area (Å²) in [6.07, 6.45) is 2.55. The number of ether oxygens (including phenoxy) is 1. The first kappa shape index (κ1) is 12.3. The van der Waals surface area contributed by atoms with Crippen LogP contribution in [-0.4, -0.2) is 42.1 Å². The van der Waals surface area contributed by atoms with Gasteiger partial charge in [-0.15, -0.1) is 11.3 Å². The number of nitrogens with zero attached hydrogens (tertiary/aromatic N) is 2. The Morgan fingerprint density at radius 3 is 3.00 bits per heavy atom. The van der Waals surface area contributed by atoms with E-state index in [4.69, 9.17) is 10.5 Å². The lowest BCUT2D eigenvalue weighted by molar-refractivity contribution is -0.131. The Labute approximate surface area is 105 Å². The van der Waals surface area contributed by atoms with E-state index in [2.05, 4.69) is 4.98 Å². The van der Waals surface area contributed by atoms with E-state index in [1.54, 1.807) is 7.11 Å². The third-order valence-corrected chi connectivity index (χ3v) is 3.47. The highest BCUT2D eigenvalue weighted by atomic mass is 32.1. The van der Waals surface area contributed by atoms with Gasteiger partial charge in [-0.05, 0) is 12.8 Å². The normalized spacial score (nSPS) is 14.9. The molecule has 1 aliphatic rings. The molecule has 1 aliphatic carbocycles. The van der Waals surface area contributed by atoms with Gasteiger partial charge >= 0.3 is 0 Å². The fraction of sp³-hybridized carbons (Fsp3) is 0.636. The third-order valence-electron chi connectivity index (χ3n) is 2.75. The molecular weight excluding hydrogens is 238 g/mol. The van der Waals surface area contributed by atoms with Crippen LogP contribution in [0.25, 0.3) is 0 Å². The van der Waals surface area contributed by atoms with Gasteiger partial charge in [0.15, 0.2) is 5.13 Å². The van der Waals surface area contributed by atoms with Crippen molar-refractivity contribution in [2.45, 2.75) is 25.3 Å². The van der Waals surface area contributed by atoms with Crippen LogP contribution in [0.3, 0.4) is 0 Å². The van der Waals surface area contributed by atoms with Crippen LogP contribution in [0, 0.1) is 0 Å². The van der Waals surface area contributed by atoms with Crippen LogP contribution < -0.4 is 5.73 Å². The van der Waals surface area contributed by atoms with Crippen LogP contribution in [0.2, 0.25) is 0 Å². The molecule has 0 aromatic carbocycles. The number of hydrogen-bond acceptors (Lipinski definition) is 5. The molecule has 2 rings (SSSR count). The van der Waals surface area contributed by atoms with Crippen molar-refractivity contribution in [3.8, 4) is 0 Å². The summed E-state index contributed by atoms with van der Waals surface area (Å²) < 4.78 is 5.03. The van der Waals surface area contributed by atoms with Gasteiger partial charge in [0, 0.05) is 25.1 Å². The van der Waals surface area contributed by atoms with Crippen LogP contribution in [0.1, 0.15) is 18.5 Å². The fourth-order valence-electron chi connectivity index (χ4n) is 1.75. The van der Waals surface area contributed by atoms with Crippen LogP contribution in [0.5, 0.6) is 0 Å². The second kappa shape index (κ2) is 5.46. The molecule has 1 saturated carbocycles. The molecule has 0 saturated heterocycles. The molecule has 0 atom stereocenters. The Morgan fingerprint density at radius 1 is 1.71 bits per heavy atom. The van der Waals surface area contributed by atoms with E-state index in [1.807, 2.05) is 10.3 Å². The lowest BCUT2D eigenvalue weighted by Gasteiger charge is -2.21. The van der Waals surface area contributed by atoms with Gasteiger partial charge in [0.25, 0.3) is 0 Å². The molecule has 5 nitrogen and oxygen atoms in total. The minimum absolute atomic E-state index is 0.120. The molecule has 0 bridgehead atoms. The highest BCUT2D eigenvalue weighted by molar-refractivity contribution is 7.13. The van der Waals surface area contributed by atoms with Gasteiger partial charge in [-0.25, -0.2) is 4.98 Å². The molecule has 0 aliphatic heterocycles. The molecule has 17 heavy (non-hydrogen) atoms. The molecule has 1 aromatic rings. The van der Waals surface area contributed by atoms with Crippen molar-refractivity contribution in [2.75, 3.05) is 26.0 Å². The van der Waals surface area contributed by atoms with Gasteiger partial charge in [-0.2, -0.15) is 0 Å². The molecule has 94 valence electrons. The van der Waals surface area contributed by atoms with Crippen LogP contribution >= 0.6 is 11.3 Å². The zero-order chi connectivity index (χ0) is 12.3. The van der Waals surface area contributed by atoms with Gasteiger partial charge < -0.3 is 15.4 Å². The molecule has 1 aromatic heterocycles. The van der Waals surface area contributed by atoms with Crippen molar-refractivity contribution >= 4 is 22.4 Å². The lowest BCUT2D eigenvalue weighted by atomic mass is 10.3. The molecular formula is C11H17N3O2S. The molecule has 1 heterocycles. The maximum atomic E-state index is 12.1. The summed E-state index contributed by atoms with van der Waals surface area (Å²) in [6, 6.07) is 0.411. The maximum Gasteiger partial charge on any atom is 0.228 e. The summed E-state index contributed by atoms with van der Waals surface area (Å²) in [5, 5.41) is 2.36. The summed E-state index contributed by atoms with van der Waals surface area (Å²) in [5.74, 6) is 0.120. The van der Waals surface area contributed by atoms with Crippen LogP contribution in [-0.2, 0) is 16.0 Å². The largest absolute Gasteiger partial charge is 0.383 e. The van der Waals surface area contributed by atoms with E-state index in [-0.39, 0.29) is 5.91 Å². The number of hydrogen-bond donors (Lipinski definition) is 1. The van der Waals surface area contributed by atoms with E-state index < -0.39 is 0 Å². The first-order valence-corrected chi connectivity index (χ1v) is 6.57. The average Bonchev–Trinajstić information content (AvgIpc) is 3.04. The Morgan fingerprint density at radius 2 is 2.47 bits per heavy atom. The van der Waals surface area contributed by atoms with E-state index in [0.717, 1.165) is 18.5 Å². The highest BCUT2D eigenvalue weighted by Crippen LogP contribution is 2.27. The zero-order valence-electron chi connectivity index (χ0n) is 9.89. The predicted molar refractivity (Wildman–Crippen MR) is 66.8 cm³/mol. The Balaban J connectivity index is 1.91. The average molecular weight is 255 g/mol. The SMILES string of the molecule is COCCN(C(=O)Cc1csc(N)n1)C1CC1. The quantitative estimate of drug-likeness (QED) is 0.820. The first-order chi connectivity index (χ1) is 8.20. The molecule has 2 N–H and O–H groups in total. The Kier molecular flexibility index (Phi) is 3.96. The Hall–Kier alpha value is -1.14. The number of amides is 1. The van der Waals surface area contributed by atoms with Crippen molar-refractivity contribution in [3.63, 3.8) is 0 Å². The van der Waals surface area contributed by atoms with Gasteiger partial charge in [0.2, 0.25) is 5.91 Å². The summed E-state index contributed by atoms with van der Waals surface area (Å²) in [6.45, 7) is 1.25. The molecule has 1 fully saturated rings. The molecule has 6 heteroatoms. The third kappa shape index (κ3) is 3.41. The lowest BCUT2D eigenvalue weighted by Crippen LogP contribution is -2.36. The summed E-state index contributed by atoms with van der Waals surface area (Å²) >= 11 is 1.37. The molecule has 0 radical (unpaired) electrons. The number of nitrogens with two attached hydrogens (primary N) is 1. The minimum atomic E-state index is 0.120. The molecule has 1 amide bonds. The van der Waals surface area contributed by atoms with Crippen molar-refractivity contribution in [2.24, 2.45) is 0 Å². The highest BCUT2D eigenvalue weighted by Gasteiger charge is 2.32. The minimum Gasteiger partial charge on any atom is -0.383 e. The van der Waals surface area contributed by atoms with E-state index in [9.17, 15) is 4.79 Å². The fourth-order valence-corrected chi connectivity index (χ4v) is 2.31. The van der Waals surface area contributed by atoms with Crippen LogP contribution in [0.4, 0.5) is 5.13 Å². The van der Waals surface area contributed by atoms with Crippen LogP contribution in [0.15, 0.2) is 5.38 Å².